The minimum absolute atomic E-state index is 0.255. The van der Waals surface area contributed by atoms with E-state index in [1.54, 1.807) is 0 Å². The first kappa shape index (κ1) is 13.5. The number of nitrogens with zero attached hydrogens (tertiary/aromatic N) is 3. The molecule has 0 amide bonds. The van der Waals surface area contributed by atoms with Gasteiger partial charge in [0.1, 0.15) is 0 Å². The molecule has 2 heterocycles. The van der Waals surface area contributed by atoms with Crippen LogP contribution in [0.15, 0.2) is 12.5 Å². The average molecular weight is 252 g/mol. The van der Waals surface area contributed by atoms with Gasteiger partial charge in [-0.2, -0.15) is 0 Å². The van der Waals surface area contributed by atoms with Crippen LogP contribution in [0, 0.1) is 0 Å². The Hall–Kier alpha value is -0.910. The Morgan fingerprint density at radius 1 is 1.56 bits per heavy atom. The Bertz CT molecular complexity index is 366. The van der Waals surface area contributed by atoms with Gasteiger partial charge in [0.05, 0.1) is 30.8 Å². The van der Waals surface area contributed by atoms with Crippen LogP contribution in [0.4, 0.5) is 0 Å². The second-order valence-electron chi connectivity index (χ2n) is 4.75. The molecule has 18 heavy (non-hydrogen) atoms. The van der Waals surface area contributed by atoms with E-state index in [1.165, 1.54) is 5.69 Å². The zero-order valence-electron chi connectivity index (χ0n) is 11.4. The summed E-state index contributed by atoms with van der Waals surface area (Å²) >= 11 is 0. The van der Waals surface area contributed by atoms with E-state index in [-0.39, 0.29) is 6.04 Å². The fourth-order valence-electron chi connectivity index (χ4n) is 2.60. The quantitative estimate of drug-likeness (QED) is 0.850. The van der Waals surface area contributed by atoms with Crippen molar-refractivity contribution in [2.45, 2.75) is 39.0 Å². The third kappa shape index (κ3) is 2.74. The van der Waals surface area contributed by atoms with Crippen molar-refractivity contribution in [3.05, 3.63) is 18.2 Å². The third-order valence-electron chi connectivity index (χ3n) is 3.72. The lowest BCUT2D eigenvalue weighted by Crippen LogP contribution is -2.46. The van der Waals surface area contributed by atoms with Gasteiger partial charge in [-0.25, -0.2) is 4.98 Å². The Kier molecular flexibility index (Phi) is 4.74. The summed E-state index contributed by atoms with van der Waals surface area (Å²) in [5, 5.41) is 0. The van der Waals surface area contributed by atoms with E-state index in [4.69, 9.17) is 10.5 Å². The summed E-state index contributed by atoms with van der Waals surface area (Å²) in [6.07, 6.45) is 5.22. The summed E-state index contributed by atoms with van der Waals surface area (Å²) in [6, 6.07) is 0.255. The predicted octanol–water partition coefficient (Wildman–Crippen LogP) is 1.01. The van der Waals surface area contributed by atoms with Gasteiger partial charge >= 0.3 is 0 Å². The molecule has 1 aliphatic rings. The molecular formula is C13H24N4O. The lowest BCUT2D eigenvalue weighted by atomic mass is 10.1. The van der Waals surface area contributed by atoms with E-state index < -0.39 is 0 Å². The van der Waals surface area contributed by atoms with Gasteiger partial charge in [0.15, 0.2) is 0 Å². The van der Waals surface area contributed by atoms with Crippen LogP contribution in [0.3, 0.4) is 0 Å². The number of rotatable bonds is 5. The normalized spacial score (nSPS) is 23.2. The van der Waals surface area contributed by atoms with Crippen molar-refractivity contribution in [2.24, 2.45) is 5.73 Å². The molecule has 5 nitrogen and oxygen atoms in total. The highest BCUT2D eigenvalue weighted by molar-refractivity contribution is 5.07. The van der Waals surface area contributed by atoms with Crippen LogP contribution < -0.4 is 5.73 Å². The summed E-state index contributed by atoms with van der Waals surface area (Å²) in [5.41, 5.74) is 7.20. The van der Waals surface area contributed by atoms with Gasteiger partial charge in [-0.1, -0.05) is 6.92 Å². The zero-order chi connectivity index (χ0) is 13.0. The molecule has 5 heteroatoms. The Morgan fingerprint density at radius 2 is 2.39 bits per heavy atom. The van der Waals surface area contributed by atoms with E-state index in [1.807, 2.05) is 12.5 Å². The first-order chi connectivity index (χ1) is 8.80. The second kappa shape index (κ2) is 6.31. The van der Waals surface area contributed by atoms with Gasteiger partial charge in [0.2, 0.25) is 0 Å². The van der Waals surface area contributed by atoms with Crippen LogP contribution >= 0.6 is 0 Å². The Labute approximate surface area is 109 Å². The number of morpholine rings is 1. The van der Waals surface area contributed by atoms with Crippen LogP contribution in [0.1, 0.15) is 32.0 Å². The number of ether oxygens (including phenoxy) is 1. The summed E-state index contributed by atoms with van der Waals surface area (Å²) in [7, 11) is 0. The van der Waals surface area contributed by atoms with Crippen molar-refractivity contribution < 1.29 is 4.74 Å². The van der Waals surface area contributed by atoms with E-state index in [0.717, 1.165) is 32.7 Å². The zero-order valence-corrected chi connectivity index (χ0v) is 11.4. The van der Waals surface area contributed by atoms with Crippen LogP contribution in [0.5, 0.6) is 0 Å². The maximum Gasteiger partial charge on any atom is 0.0948 e. The molecular weight excluding hydrogens is 228 g/mol. The maximum absolute atomic E-state index is 5.98. The van der Waals surface area contributed by atoms with Gasteiger partial charge in [-0.05, 0) is 13.3 Å². The molecule has 0 aliphatic carbocycles. The van der Waals surface area contributed by atoms with Crippen molar-refractivity contribution in [3.63, 3.8) is 0 Å². The highest BCUT2D eigenvalue weighted by atomic mass is 16.5. The SMILES string of the molecule is CCC1CN(C(CN)c2cncn2CC)CCO1. The largest absolute Gasteiger partial charge is 0.376 e. The van der Waals surface area contributed by atoms with E-state index in [2.05, 4.69) is 28.3 Å². The maximum atomic E-state index is 5.98. The van der Waals surface area contributed by atoms with Crippen molar-refractivity contribution >= 4 is 0 Å². The first-order valence-corrected chi connectivity index (χ1v) is 6.85. The van der Waals surface area contributed by atoms with Crippen molar-refractivity contribution in [2.75, 3.05) is 26.2 Å². The number of nitrogens with two attached hydrogens (primary N) is 1. The van der Waals surface area contributed by atoms with Gasteiger partial charge in [-0.15, -0.1) is 0 Å². The number of hydrogen-bond acceptors (Lipinski definition) is 4. The van der Waals surface area contributed by atoms with Crippen LogP contribution in [0.2, 0.25) is 0 Å². The predicted molar refractivity (Wildman–Crippen MR) is 71.3 cm³/mol. The highest BCUT2D eigenvalue weighted by Crippen LogP contribution is 2.22. The highest BCUT2D eigenvalue weighted by Gasteiger charge is 2.27. The van der Waals surface area contributed by atoms with Crippen molar-refractivity contribution in [1.29, 1.82) is 0 Å². The monoisotopic (exact) mass is 252 g/mol. The first-order valence-electron chi connectivity index (χ1n) is 6.85. The summed E-state index contributed by atoms with van der Waals surface area (Å²) in [6.45, 7) is 8.58. The van der Waals surface area contributed by atoms with Gasteiger partial charge in [0, 0.05) is 32.4 Å². The number of hydrogen-bond donors (Lipinski definition) is 1. The molecule has 2 unspecified atom stereocenters. The molecule has 2 rings (SSSR count). The molecule has 1 fully saturated rings. The minimum atomic E-state index is 0.255. The number of aryl methyl sites for hydroxylation is 1. The van der Waals surface area contributed by atoms with Crippen molar-refractivity contribution in [3.8, 4) is 0 Å². The van der Waals surface area contributed by atoms with E-state index in [0.29, 0.717) is 12.6 Å². The molecule has 0 spiro atoms. The third-order valence-corrected chi connectivity index (χ3v) is 3.72. The molecule has 1 aromatic rings. The number of aromatic nitrogens is 2. The molecule has 1 aromatic heterocycles. The Morgan fingerprint density at radius 3 is 3.06 bits per heavy atom. The molecule has 1 saturated heterocycles. The molecule has 0 bridgehead atoms. The lowest BCUT2D eigenvalue weighted by Gasteiger charge is -2.37. The van der Waals surface area contributed by atoms with Crippen molar-refractivity contribution in [1.82, 2.24) is 14.5 Å². The average Bonchev–Trinajstić information content (AvgIpc) is 2.88. The fourth-order valence-corrected chi connectivity index (χ4v) is 2.60. The van der Waals surface area contributed by atoms with E-state index >= 15 is 0 Å². The standard InChI is InChI=1S/C13H24N4O/c1-3-11-9-17(5-6-18-11)12(7-14)13-8-15-10-16(13)4-2/h8,10-12H,3-7,9,14H2,1-2H3. The van der Waals surface area contributed by atoms with Gasteiger partial charge in [0.25, 0.3) is 0 Å². The molecule has 0 aromatic carbocycles. The molecule has 2 atom stereocenters. The topological polar surface area (TPSA) is 56.3 Å². The Balaban J connectivity index is 2.13. The smallest absolute Gasteiger partial charge is 0.0948 e. The lowest BCUT2D eigenvalue weighted by molar-refractivity contribution is -0.0446. The summed E-state index contributed by atoms with van der Waals surface area (Å²) < 4.78 is 7.90. The summed E-state index contributed by atoms with van der Waals surface area (Å²) in [5.74, 6) is 0. The fraction of sp³-hybridized carbons (Fsp3) is 0.769. The molecule has 2 N–H and O–H groups in total. The molecule has 0 saturated carbocycles. The van der Waals surface area contributed by atoms with Crippen LogP contribution in [0.25, 0.3) is 0 Å². The van der Waals surface area contributed by atoms with Crippen LogP contribution in [-0.2, 0) is 11.3 Å². The molecule has 1 aliphatic heterocycles. The summed E-state index contributed by atoms with van der Waals surface area (Å²) in [4.78, 5) is 6.68. The van der Waals surface area contributed by atoms with Crippen LogP contribution in [-0.4, -0.2) is 46.8 Å². The second-order valence-corrected chi connectivity index (χ2v) is 4.75. The minimum Gasteiger partial charge on any atom is -0.376 e. The molecule has 0 radical (unpaired) electrons. The number of imidazole rings is 1. The van der Waals surface area contributed by atoms with E-state index in [9.17, 15) is 0 Å². The van der Waals surface area contributed by atoms with Gasteiger partial charge < -0.3 is 15.0 Å². The van der Waals surface area contributed by atoms with Gasteiger partial charge in [-0.3, -0.25) is 4.90 Å². The molecule has 102 valence electrons.